The molecule has 0 aliphatic carbocycles. The van der Waals surface area contributed by atoms with Gasteiger partial charge in [-0.3, -0.25) is 29.0 Å². The van der Waals surface area contributed by atoms with E-state index < -0.39 is 29.6 Å². The minimum Gasteiger partial charge on any atom is -0.487 e. The SMILES string of the molecule is CC(=O)ON1C(=O)c2c(OCCN(C)C)c(OCCN3C(=O)c4ccccc4C3=O)c(OCCN)c(OCCN3CCCC3)c2C1=O. The predicted octanol–water partition coefficient (Wildman–Crippen LogP) is 1.19. The molecule has 5 rings (SSSR count). The number of amides is 4. The van der Waals surface area contributed by atoms with Gasteiger partial charge >= 0.3 is 5.97 Å². The number of hydroxylamine groups is 2. The third kappa shape index (κ3) is 7.01. The summed E-state index contributed by atoms with van der Waals surface area (Å²) < 4.78 is 24.5. The first-order valence-electron chi connectivity index (χ1n) is 15.5. The van der Waals surface area contributed by atoms with Crippen LogP contribution >= 0.6 is 0 Å². The number of nitrogens with zero attached hydrogens (tertiary/aromatic N) is 4. The first-order chi connectivity index (χ1) is 22.6. The molecule has 15 heteroatoms. The summed E-state index contributed by atoms with van der Waals surface area (Å²) in [6.07, 6.45) is 2.13. The lowest BCUT2D eigenvalue weighted by molar-refractivity contribution is -0.165. The van der Waals surface area contributed by atoms with E-state index in [9.17, 15) is 24.0 Å². The minimum atomic E-state index is -0.958. The second-order valence-corrected chi connectivity index (χ2v) is 11.4. The first kappa shape index (κ1) is 33.6. The van der Waals surface area contributed by atoms with Gasteiger partial charge in [0.1, 0.15) is 37.6 Å². The quantitative estimate of drug-likeness (QED) is 0.257. The first-order valence-corrected chi connectivity index (χ1v) is 15.5. The van der Waals surface area contributed by atoms with E-state index in [1.165, 1.54) is 0 Å². The number of imide groups is 2. The molecule has 1 fully saturated rings. The molecule has 0 unspecified atom stereocenters. The van der Waals surface area contributed by atoms with Crippen LogP contribution in [0.1, 0.15) is 61.2 Å². The van der Waals surface area contributed by atoms with E-state index in [4.69, 9.17) is 29.5 Å². The number of hydrogen-bond donors (Lipinski definition) is 1. The van der Waals surface area contributed by atoms with E-state index in [0.717, 1.165) is 37.8 Å². The number of benzene rings is 2. The van der Waals surface area contributed by atoms with E-state index >= 15 is 0 Å². The molecular weight excluding hydrogens is 614 g/mol. The molecule has 47 heavy (non-hydrogen) atoms. The number of carbonyl (C=O) groups is 5. The molecule has 1 saturated heterocycles. The summed E-state index contributed by atoms with van der Waals surface area (Å²) in [7, 11) is 3.66. The molecule has 0 spiro atoms. The summed E-state index contributed by atoms with van der Waals surface area (Å²) >= 11 is 0. The average molecular weight is 654 g/mol. The van der Waals surface area contributed by atoms with Crippen molar-refractivity contribution in [2.45, 2.75) is 19.8 Å². The fraction of sp³-hybridized carbons (Fsp3) is 0.469. The summed E-state index contributed by atoms with van der Waals surface area (Å²) in [6.45, 7) is 3.72. The van der Waals surface area contributed by atoms with Crippen LogP contribution in [0.3, 0.4) is 0 Å². The highest BCUT2D eigenvalue weighted by Crippen LogP contribution is 2.53. The number of hydrogen-bond acceptors (Lipinski definition) is 13. The summed E-state index contributed by atoms with van der Waals surface area (Å²) in [4.78, 5) is 75.4. The number of likely N-dealkylation sites (N-methyl/N-ethyl adjacent to an activating group) is 1. The molecule has 3 aliphatic rings. The molecule has 2 aromatic rings. The Morgan fingerprint density at radius 2 is 1.26 bits per heavy atom. The number of carbonyl (C=O) groups excluding carboxylic acids is 5. The zero-order valence-electron chi connectivity index (χ0n) is 26.7. The summed E-state index contributed by atoms with van der Waals surface area (Å²) in [5.74, 6) is -4.10. The zero-order chi connectivity index (χ0) is 33.7. The van der Waals surface area contributed by atoms with Gasteiger partial charge in [-0.2, -0.15) is 0 Å². The van der Waals surface area contributed by atoms with Crippen LogP contribution in [0.25, 0.3) is 0 Å². The van der Waals surface area contributed by atoms with Crippen molar-refractivity contribution < 1.29 is 47.8 Å². The van der Waals surface area contributed by atoms with E-state index in [1.807, 2.05) is 19.0 Å². The van der Waals surface area contributed by atoms with Gasteiger partial charge in [0.2, 0.25) is 11.5 Å². The van der Waals surface area contributed by atoms with Crippen LogP contribution in [0, 0.1) is 0 Å². The number of fused-ring (bicyclic) bond motifs is 2. The van der Waals surface area contributed by atoms with Gasteiger partial charge in [-0.15, -0.1) is 0 Å². The van der Waals surface area contributed by atoms with Crippen molar-refractivity contribution in [1.82, 2.24) is 19.8 Å². The Labute approximate surface area is 271 Å². The predicted molar refractivity (Wildman–Crippen MR) is 166 cm³/mol. The van der Waals surface area contributed by atoms with Crippen molar-refractivity contribution >= 4 is 29.6 Å². The van der Waals surface area contributed by atoms with Gasteiger partial charge in [-0.05, 0) is 52.2 Å². The molecule has 0 aromatic heterocycles. The van der Waals surface area contributed by atoms with Crippen LogP contribution in [0.15, 0.2) is 24.3 Å². The van der Waals surface area contributed by atoms with Crippen molar-refractivity contribution in [3.8, 4) is 23.0 Å². The Hall–Kier alpha value is -4.73. The molecule has 3 heterocycles. The summed E-state index contributed by atoms with van der Waals surface area (Å²) in [6, 6.07) is 6.51. The Morgan fingerprint density at radius 3 is 1.79 bits per heavy atom. The number of nitrogens with two attached hydrogens (primary N) is 1. The molecule has 0 radical (unpaired) electrons. The van der Waals surface area contributed by atoms with Crippen LogP contribution in [0.2, 0.25) is 0 Å². The van der Waals surface area contributed by atoms with Gasteiger partial charge in [0.05, 0.1) is 17.7 Å². The van der Waals surface area contributed by atoms with Gasteiger partial charge in [0, 0.05) is 26.6 Å². The lowest BCUT2D eigenvalue weighted by Crippen LogP contribution is -2.33. The fourth-order valence-corrected chi connectivity index (χ4v) is 5.57. The third-order valence-corrected chi connectivity index (χ3v) is 7.78. The maximum atomic E-state index is 13.7. The third-order valence-electron chi connectivity index (χ3n) is 7.78. The van der Waals surface area contributed by atoms with Crippen LogP contribution in [0.4, 0.5) is 0 Å². The minimum absolute atomic E-state index is 0.0248. The monoisotopic (exact) mass is 653 g/mol. The second-order valence-electron chi connectivity index (χ2n) is 11.4. The highest BCUT2D eigenvalue weighted by Gasteiger charge is 2.48. The van der Waals surface area contributed by atoms with Crippen LogP contribution in [-0.2, 0) is 9.63 Å². The van der Waals surface area contributed by atoms with E-state index in [0.29, 0.717) is 18.2 Å². The van der Waals surface area contributed by atoms with E-state index in [2.05, 4.69) is 4.90 Å². The normalized spacial score (nSPS) is 15.9. The molecular formula is C32H39N5O10. The topological polar surface area (TPSA) is 170 Å². The maximum Gasteiger partial charge on any atom is 0.330 e. The molecule has 15 nitrogen and oxygen atoms in total. The Bertz CT molecular complexity index is 1520. The van der Waals surface area contributed by atoms with E-state index in [-0.39, 0.29) is 84.8 Å². The van der Waals surface area contributed by atoms with Crippen molar-refractivity contribution in [1.29, 1.82) is 0 Å². The number of likely N-dealkylation sites (tertiary alicyclic amines) is 1. The maximum absolute atomic E-state index is 13.7. The van der Waals surface area contributed by atoms with Gasteiger partial charge in [0.25, 0.3) is 23.6 Å². The average Bonchev–Trinajstić information content (AvgIpc) is 3.71. The highest BCUT2D eigenvalue weighted by atomic mass is 16.7. The Kier molecular flexibility index (Phi) is 10.6. The number of rotatable bonds is 16. The van der Waals surface area contributed by atoms with Crippen LogP contribution in [0.5, 0.6) is 23.0 Å². The number of ether oxygens (including phenoxy) is 4. The molecule has 4 amide bonds. The molecule has 3 aliphatic heterocycles. The standard InChI is InChI=1S/C32H39N5O10/c1-20(38)47-37-31(41)23-24(32(37)42)26(44-17-13-34(2)3)28(27(43-16-10-33)25(23)45-18-14-35-11-6-7-12-35)46-19-15-36-29(39)21-8-4-5-9-22(21)30(36)40/h4-5,8-9H,6-7,10-19,33H2,1-3H3. The van der Waals surface area contributed by atoms with Crippen LogP contribution in [-0.4, -0.2) is 129 Å². The largest absolute Gasteiger partial charge is 0.487 e. The lowest BCUT2D eigenvalue weighted by atomic mass is 10.0. The van der Waals surface area contributed by atoms with Gasteiger partial charge < -0.3 is 34.4 Å². The fourth-order valence-electron chi connectivity index (χ4n) is 5.57. The zero-order valence-corrected chi connectivity index (χ0v) is 26.7. The van der Waals surface area contributed by atoms with Crippen molar-refractivity contribution in [3.05, 3.63) is 46.5 Å². The molecule has 252 valence electrons. The highest BCUT2D eigenvalue weighted by molar-refractivity contribution is 6.24. The van der Waals surface area contributed by atoms with Crippen molar-refractivity contribution in [3.63, 3.8) is 0 Å². The van der Waals surface area contributed by atoms with Crippen molar-refractivity contribution in [2.24, 2.45) is 5.73 Å². The van der Waals surface area contributed by atoms with Crippen LogP contribution < -0.4 is 24.7 Å². The Balaban J connectivity index is 1.55. The molecule has 2 N–H and O–H groups in total. The summed E-state index contributed by atoms with van der Waals surface area (Å²) in [5.41, 5.74) is 5.92. The van der Waals surface area contributed by atoms with Gasteiger partial charge in [0.15, 0.2) is 11.5 Å². The molecule has 0 atom stereocenters. The smallest absolute Gasteiger partial charge is 0.330 e. The van der Waals surface area contributed by atoms with Gasteiger partial charge in [-0.25, -0.2) is 4.79 Å². The molecule has 0 saturated carbocycles. The molecule has 0 bridgehead atoms. The summed E-state index contributed by atoms with van der Waals surface area (Å²) in [5, 5.41) is 0.356. The second kappa shape index (κ2) is 14.8. The van der Waals surface area contributed by atoms with Crippen molar-refractivity contribution in [2.75, 3.05) is 79.8 Å². The lowest BCUT2D eigenvalue weighted by Gasteiger charge is -2.24. The van der Waals surface area contributed by atoms with E-state index in [1.54, 1.807) is 24.3 Å². The van der Waals surface area contributed by atoms with Gasteiger partial charge in [-0.1, -0.05) is 17.2 Å². The Morgan fingerprint density at radius 1 is 0.745 bits per heavy atom. The molecule has 2 aromatic carbocycles.